The van der Waals surface area contributed by atoms with E-state index in [9.17, 15) is 9.50 Å². The Morgan fingerprint density at radius 2 is 2.08 bits per heavy atom. The van der Waals surface area contributed by atoms with Gasteiger partial charge in [-0.05, 0) is 0 Å². The SMILES string of the molecule is OC[C@@]1(O)OC[C@@H](F)C(O)C1O. The Hall–Kier alpha value is -0.270. The first-order valence-corrected chi connectivity index (χ1v) is 3.48. The highest BCUT2D eigenvalue weighted by Gasteiger charge is 2.48. The van der Waals surface area contributed by atoms with Gasteiger partial charge in [0.15, 0.2) is 6.17 Å². The average molecular weight is 182 g/mol. The van der Waals surface area contributed by atoms with Crippen molar-refractivity contribution in [1.29, 1.82) is 0 Å². The minimum absolute atomic E-state index is 0.546. The first-order chi connectivity index (χ1) is 5.51. The molecule has 0 amide bonds. The molecule has 72 valence electrons. The van der Waals surface area contributed by atoms with Gasteiger partial charge in [0.2, 0.25) is 5.79 Å². The largest absolute Gasteiger partial charge is 0.391 e. The standard InChI is InChI=1S/C6H11FO5/c7-3-1-12-6(11,2-8)5(10)4(3)9/h3-5,8-11H,1-2H2/t3-,4?,5?,6-/m1/s1. The molecule has 5 nitrogen and oxygen atoms in total. The lowest BCUT2D eigenvalue weighted by Crippen LogP contribution is -2.61. The Bertz CT molecular complexity index is 166. The van der Waals surface area contributed by atoms with Crippen LogP contribution in [0.2, 0.25) is 0 Å². The van der Waals surface area contributed by atoms with Gasteiger partial charge in [-0.3, -0.25) is 0 Å². The molecule has 0 aromatic heterocycles. The van der Waals surface area contributed by atoms with E-state index in [0.717, 1.165) is 0 Å². The summed E-state index contributed by atoms with van der Waals surface area (Å²) in [6, 6.07) is 0. The number of aliphatic hydroxyl groups is 4. The monoisotopic (exact) mass is 182 g/mol. The van der Waals surface area contributed by atoms with Crippen molar-refractivity contribution >= 4 is 0 Å². The van der Waals surface area contributed by atoms with Crippen molar-refractivity contribution in [3.8, 4) is 0 Å². The van der Waals surface area contributed by atoms with Crippen molar-refractivity contribution in [3.63, 3.8) is 0 Å². The Kier molecular flexibility index (Phi) is 2.64. The van der Waals surface area contributed by atoms with Crippen LogP contribution in [0, 0.1) is 0 Å². The smallest absolute Gasteiger partial charge is 0.218 e. The van der Waals surface area contributed by atoms with Crippen LogP contribution >= 0.6 is 0 Å². The molecular weight excluding hydrogens is 171 g/mol. The quantitative estimate of drug-likeness (QED) is 0.368. The molecule has 1 saturated heterocycles. The molecule has 1 rings (SSSR count). The zero-order valence-corrected chi connectivity index (χ0v) is 6.22. The summed E-state index contributed by atoms with van der Waals surface area (Å²) in [5.41, 5.74) is 0. The Morgan fingerprint density at radius 3 is 2.58 bits per heavy atom. The van der Waals surface area contributed by atoms with Crippen LogP contribution in [0.25, 0.3) is 0 Å². The molecule has 0 spiro atoms. The number of halogens is 1. The predicted molar refractivity (Wildman–Crippen MR) is 34.9 cm³/mol. The lowest BCUT2D eigenvalue weighted by molar-refractivity contribution is -0.324. The van der Waals surface area contributed by atoms with Crippen LogP contribution in [-0.4, -0.2) is 57.8 Å². The van der Waals surface area contributed by atoms with Crippen molar-refractivity contribution < 1.29 is 29.6 Å². The Morgan fingerprint density at radius 1 is 1.50 bits per heavy atom. The van der Waals surface area contributed by atoms with Gasteiger partial charge in [-0.15, -0.1) is 0 Å². The first-order valence-electron chi connectivity index (χ1n) is 3.48. The summed E-state index contributed by atoms with van der Waals surface area (Å²) in [6.07, 6.45) is -5.30. The summed E-state index contributed by atoms with van der Waals surface area (Å²) < 4.78 is 17.0. The molecule has 1 fully saturated rings. The van der Waals surface area contributed by atoms with Gasteiger partial charge in [-0.1, -0.05) is 0 Å². The minimum Gasteiger partial charge on any atom is -0.391 e. The van der Waals surface area contributed by atoms with E-state index in [1.165, 1.54) is 0 Å². The second kappa shape index (κ2) is 3.23. The molecule has 0 radical (unpaired) electrons. The van der Waals surface area contributed by atoms with Gasteiger partial charge in [-0.25, -0.2) is 4.39 Å². The van der Waals surface area contributed by atoms with Crippen LogP contribution in [0.5, 0.6) is 0 Å². The summed E-state index contributed by atoms with van der Waals surface area (Å²) >= 11 is 0. The van der Waals surface area contributed by atoms with E-state index < -0.39 is 37.4 Å². The molecule has 0 saturated carbocycles. The van der Waals surface area contributed by atoms with Gasteiger partial charge < -0.3 is 25.2 Å². The van der Waals surface area contributed by atoms with Gasteiger partial charge >= 0.3 is 0 Å². The van der Waals surface area contributed by atoms with Crippen molar-refractivity contribution in [2.45, 2.75) is 24.2 Å². The fraction of sp³-hybridized carbons (Fsp3) is 1.00. The Balaban J connectivity index is 2.71. The third-order valence-corrected chi connectivity index (χ3v) is 1.88. The number of alkyl halides is 1. The first kappa shape index (κ1) is 9.82. The molecule has 6 heteroatoms. The van der Waals surface area contributed by atoms with Crippen LogP contribution < -0.4 is 0 Å². The predicted octanol–water partition coefficient (Wildman–Crippen LogP) is -2.24. The van der Waals surface area contributed by atoms with Crippen LogP contribution in [0.1, 0.15) is 0 Å². The van der Waals surface area contributed by atoms with E-state index in [2.05, 4.69) is 4.74 Å². The Labute approximate surface area is 68.0 Å². The van der Waals surface area contributed by atoms with Crippen molar-refractivity contribution in [2.75, 3.05) is 13.2 Å². The van der Waals surface area contributed by atoms with Gasteiger partial charge in [0.05, 0.1) is 13.2 Å². The fourth-order valence-corrected chi connectivity index (χ4v) is 1.01. The van der Waals surface area contributed by atoms with E-state index >= 15 is 0 Å². The number of hydrogen-bond acceptors (Lipinski definition) is 5. The molecule has 12 heavy (non-hydrogen) atoms. The maximum Gasteiger partial charge on any atom is 0.218 e. The van der Waals surface area contributed by atoms with E-state index in [1.54, 1.807) is 0 Å². The molecular formula is C6H11FO5. The van der Waals surface area contributed by atoms with Crippen LogP contribution in [0.15, 0.2) is 0 Å². The molecule has 0 aliphatic carbocycles. The molecule has 0 bridgehead atoms. The minimum atomic E-state index is -2.25. The second-order valence-electron chi connectivity index (χ2n) is 2.77. The lowest BCUT2D eigenvalue weighted by atomic mass is 9.98. The number of ether oxygens (including phenoxy) is 1. The summed E-state index contributed by atoms with van der Waals surface area (Å²) in [5.74, 6) is -2.25. The molecule has 0 aromatic carbocycles. The van der Waals surface area contributed by atoms with E-state index in [0.29, 0.717) is 0 Å². The normalized spacial score (nSPS) is 49.2. The molecule has 1 heterocycles. The molecule has 0 aromatic rings. The summed E-state index contributed by atoms with van der Waals surface area (Å²) in [5, 5.41) is 35.7. The fourth-order valence-electron chi connectivity index (χ4n) is 1.01. The van der Waals surface area contributed by atoms with Gasteiger partial charge in [0.1, 0.15) is 12.2 Å². The zero-order chi connectivity index (χ0) is 9.35. The van der Waals surface area contributed by atoms with E-state index in [4.69, 9.17) is 15.3 Å². The van der Waals surface area contributed by atoms with Crippen molar-refractivity contribution in [3.05, 3.63) is 0 Å². The summed E-state index contributed by atoms with van der Waals surface area (Å²) in [4.78, 5) is 0. The van der Waals surface area contributed by atoms with Crippen molar-refractivity contribution in [2.24, 2.45) is 0 Å². The average Bonchev–Trinajstić information content (AvgIpc) is 2.09. The number of aliphatic hydroxyl groups excluding tert-OH is 3. The third kappa shape index (κ3) is 1.44. The highest BCUT2D eigenvalue weighted by Crippen LogP contribution is 2.24. The molecule has 1 aliphatic rings. The lowest BCUT2D eigenvalue weighted by Gasteiger charge is -2.39. The van der Waals surface area contributed by atoms with Gasteiger partial charge in [-0.2, -0.15) is 0 Å². The van der Waals surface area contributed by atoms with E-state index in [-0.39, 0.29) is 0 Å². The number of hydrogen-bond donors (Lipinski definition) is 4. The maximum absolute atomic E-state index is 12.6. The molecule has 1 aliphatic heterocycles. The van der Waals surface area contributed by atoms with E-state index in [1.807, 2.05) is 0 Å². The summed E-state index contributed by atoms with van der Waals surface area (Å²) in [6.45, 7) is -1.44. The summed E-state index contributed by atoms with van der Waals surface area (Å²) in [7, 11) is 0. The zero-order valence-electron chi connectivity index (χ0n) is 6.22. The van der Waals surface area contributed by atoms with Gasteiger partial charge in [0.25, 0.3) is 0 Å². The third-order valence-electron chi connectivity index (χ3n) is 1.88. The molecule has 2 unspecified atom stereocenters. The topological polar surface area (TPSA) is 90.2 Å². The molecule has 4 N–H and O–H groups in total. The second-order valence-corrected chi connectivity index (χ2v) is 2.77. The highest BCUT2D eigenvalue weighted by atomic mass is 19.1. The van der Waals surface area contributed by atoms with Gasteiger partial charge in [0, 0.05) is 0 Å². The van der Waals surface area contributed by atoms with Crippen LogP contribution in [0.4, 0.5) is 4.39 Å². The van der Waals surface area contributed by atoms with Crippen LogP contribution in [-0.2, 0) is 4.74 Å². The van der Waals surface area contributed by atoms with Crippen molar-refractivity contribution in [1.82, 2.24) is 0 Å². The maximum atomic E-state index is 12.6. The molecule has 4 atom stereocenters. The highest BCUT2D eigenvalue weighted by molar-refractivity contribution is 4.91. The van der Waals surface area contributed by atoms with Crippen LogP contribution in [0.3, 0.4) is 0 Å². The number of rotatable bonds is 1.